The molecule has 0 spiro atoms. The minimum absolute atomic E-state index is 0.00396. The van der Waals surface area contributed by atoms with E-state index >= 15 is 0 Å². The number of nitrogens with two attached hydrogens (primary N) is 1. The number of halogens is 1. The fourth-order valence-corrected chi connectivity index (χ4v) is 3.26. The van der Waals surface area contributed by atoms with Gasteiger partial charge in [0.15, 0.2) is 0 Å². The minimum Gasteiger partial charge on any atom is -0.398 e. The summed E-state index contributed by atoms with van der Waals surface area (Å²) in [6.07, 6.45) is 0. The van der Waals surface area contributed by atoms with Gasteiger partial charge in [0.1, 0.15) is 10.7 Å². The van der Waals surface area contributed by atoms with Crippen LogP contribution < -0.4 is 10.5 Å². The predicted molar refractivity (Wildman–Crippen MR) is 74.3 cm³/mol. The Kier molecular flexibility index (Phi) is 5.45. The van der Waals surface area contributed by atoms with Gasteiger partial charge in [-0.15, -0.1) is 0 Å². The van der Waals surface area contributed by atoms with Gasteiger partial charge in [-0.2, -0.15) is 0 Å². The molecule has 1 aromatic carbocycles. The number of hydrogen-bond acceptors (Lipinski definition) is 4. The quantitative estimate of drug-likeness (QED) is 0.759. The van der Waals surface area contributed by atoms with Crippen LogP contribution in [0.2, 0.25) is 0 Å². The Morgan fingerprint density at radius 3 is 2.63 bits per heavy atom. The molecule has 5 nitrogen and oxygen atoms in total. The second-order valence-corrected chi connectivity index (χ2v) is 7.57. The van der Waals surface area contributed by atoms with Crippen LogP contribution in [0.4, 0.5) is 10.1 Å². The highest BCUT2D eigenvalue weighted by atomic mass is 32.2. The van der Waals surface area contributed by atoms with Gasteiger partial charge in [-0.3, -0.25) is 4.21 Å². The zero-order chi connectivity index (χ0) is 14.6. The fraction of sp³-hybridized carbons (Fsp3) is 0.455. The molecule has 0 radical (unpaired) electrons. The second-order valence-electron chi connectivity index (χ2n) is 3.97. The molecular weight excluding hydrogens is 291 g/mol. The van der Waals surface area contributed by atoms with Crippen LogP contribution in [0.5, 0.6) is 0 Å². The number of rotatable bonds is 6. The molecule has 0 aliphatic heterocycles. The van der Waals surface area contributed by atoms with Crippen molar-refractivity contribution in [2.24, 2.45) is 0 Å². The highest BCUT2D eigenvalue weighted by Gasteiger charge is 2.20. The highest BCUT2D eigenvalue weighted by Crippen LogP contribution is 2.21. The van der Waals surface area contributed by atoms with Crippen LogP contribution in [0, 0.1) is 12.7 Å². The summed E-state index contributed by atoms with van der Waals surface area (Å²) in [5, 5.41) is 0. The lowest BCUT2D eigenvalue weighted by molar-refractivity contribution is 0.558. The van der Waals surface area contributed by atoms with Crippen molar-refractivity contribution in [3.63, 3.8) is 0 Å². The smallest absolute Gasteiger partial charge is 0.243 e. The van der Waals surface area contributed by atoms with Crippen molar-refractivity contribution in [2.45, 2.75) is 18.7 Å². The molecule has 1 rings (SSSR count). The van der Waals surface area contributed by atoms with E-state index in [2.05, 4.69) is 4.72 Å². The van der Waals surface area contributed by atoms with E-state index in [0.717, 1.165) is 12.1 Å². The van der Waals surface area contributed by atoms with Gasteiger partial charge in [0.05, 0.1) is 0 Å². The van der Waals surface area contributed by atoms with Crippen LogP contribution in [0.15, 0.2) is 17.0 Å². The third-order valence-corrected chi connectivity index (χ3v) is 5.33. The number of sulfonamides is 1. The van der Waals surface area contributed by atoms with Crippen molar-refractivity contribution in [3.8, 4) is 0 Å². The molecular formula is C11H17FN2O3S2. The van der Waals surface area contributed by atoms with Crippen LogP contribution in [-0.4, -0.2) is 30.7 Å². The van der Waals surface area contributed by atoms with E-state index < -0.39 is 31.5 Å². The first-order valence-electron chi connectivity index (χ1n) is 5.68. The third kappa shape index (κ3) is 4.26. The molecule has 8 heteroatoms. The topological polar surface area (TPSA) is 89.3 Å². The van der Waals surface area contributed by atoms with Crippen molar-refractivity contribution in [1.29, 1.82) is 0 Å². The predicted octanol–water partition coefficient (Wildman–Crippen LogP) is 0.763. The largest absolute Gasteiger partial charge is 0.398 e. The Morgan fingerprint density at radius 1 is 1.42 bits per heavy atom. The Morgan fingerprint density at radius 2 is 2.05 bits per heavy atom. The number of hydrogen-bond donors (Lipinski definition) is 2. The lowest BCUT2D eigenvalue weighted by atomic mass is 10.2. The third-order valence-electron chi connectivity index (χ3n) is 2.55. The lowest BCUT2D eigenvalue weighted by Gasteiger charge is -2.09. The van der Waals surface area contributed by atoms with E-state index in [0.29, 0.717) is 11.3 Å². The summed E-state index contributed by atoms with van der Waals surface area (Å²) in [6.45, 7) is 3.33. The normalized spacial score (nSPS) is 13.4. The second kappa shape index (κ2) is 6.44. The summed E-state index contributed by atoms with van der Waals surface area (Å²) in [7, 11) is -5.05. The van der Waals surface area contributed by atoms with Crippen LogP contribution in [0.25, 0.3) is 0 Å². The standard InChI is InChI=1S/C11H17FN2O3S2/c1-3-18(15)5-4-14-19(16,17)11-7-10(13)8(2)6-9(11)12/h6-7,14H,3-5,13H2,1-2H3. The van der Waals surface area contributed by atoms with E-state index in [9.17, 15) is 17.0 Å². The zero-order valence-corrected chi connectivity index (χ0v) is 12.4. The molecule has 19 heavy (non-hydrogen) atoms. The molecule has 1 atom stereocenters. The molecule has 0 aliphatic carbocycles. The maximum Gasteiger partial charge on any atom is 0.243 e. The molecule has 0 heterocycles. The Hall–Kier alpha value is -0.990. The Labute approximate surface area is 114 Å². The molecule has 0 bridgehead atoms. The first-order valence-corrected chi connectivity index (χ1v) is 8.65. The summed E-state index contributed by atoms with van der Waals surface area (Å²) in [5.41, 5.74) is 6.26. The lowest BCUT2D eigenvalue weighted by Crippen LogP contribution is -2.29. The maximum atomic E-state index is 13.6. The number of nitrogens with one attached hydrogen (secondary N) is 1. The van der Waals surface area contributed by atoms with Crippen molar-refractivity contribution in [2.75, 3.05) is 23.8 Å². The van der Waals surface area contributed by atoms with Gasteiger partial charge in [-0.25, -0.2) is 17.5 Å². The van der Waals surface area contributed by atoms with E-state index in [4.69, 9.17) is 5.73 Å². The van der Waals surface area contributed by atoms with E-state index in [1.165, 1.54) is 0 Å². The monoisotopic (exact) mass is 308 g/mol. The Bertz CT molecular complexity index is 588. The van der Waals surface area contributed by atoms with Gasteiger partial charge in [0.25, 0.3) is 0 Å². The molecule has 0 amide bonds. The number of aryl methyl sites for hydroxylation is 1. The van der Waals surface area contributed by atoms with Crippen molar-refractivity contribution in [1.82, 2.24) is 4.72 Å². The van der Waals surface area contributed by atoms with Crippen molar-refractivity contribution < 1.29 is 17.0 Å². The first-order chi connectivity index (χ1) is 8.77. The zero-order valence-electron chi connectivity index (χ0n) is 10.8. The SMILES string of the molecule is CCS(=O)CCNS(=O)(=O)c1cc(N)c(C)cc1F. The number of anilines is 1. The molecule has 1 aromatic rings. The van der Waals surface area contributed by atoms with Crippen LogP contribution in [-0.2, 0) is 20.8 Å². The van der Waals surface area contributed by atoms with Crippen LogP contribution >= 0.6 is 0 Å². The first kappa shape index (κ1) is 16.1. The van der Waals surface area contributed by atoms with E-state index in [-0.39, 0.29) is 18.0 Å². The molecule has 0 aliphatic rings. The van der Waals surface area contributed by atoms with Crippen LogP contribution in [0.1, 0.15) is 12.5 Å². The summed E-state index contributed by atoms with van der Waals surface area (Å²) < 4.78 is 50.8. The molecule has 108 valence electrons. The molecule has 3 N–H and O–H groups in total. The fourth-order valence-electron chi connectivity index (χ4n) is 1.39. The van der Waals surface area contributed by atoms with Gasteiger partial charge >= 0.3 is 0 Å². The number of nitrogen functional groups attached to an aromatic ring is 1. The van der Waals surface area contributed by atoms with Crippen LogP contribution in [0.3, 0.4) is 0 Å². The summed E-state index contributed by atoms with van der Waals surface area (Å²) in [6, 6.07) is 2.16. The van der Waals surface area contributed by atoms with Gasteiger partial charge in [-0.1, -0.05) is 6.92 Å². The van der Waals surface area contributed by atoms with E-state index in [1.807, 2.05) is 0 Å². The maximum absolute atomic E-state index is 13.6. The summed E-state index contributed by atoms with van der Waals surface area (Å²) >= 11 is 0. The summed E-state index contributed by atoms with van der Waals surface area (Å²) in [5.74, 6) is -0.206. The molecule has 0 fully saturated rings. The number of benzene rings is 1. The molecule has 0 saturated carbocycles. The van der Waals surface area contributed by atoms with Gasteiger partial charge in [0, 0.05) is 34.5 Å². The van der Waals surface area contributed by atoms with Crippen molar-refractivity contribution >= 4 is 26.5 Å². The van der Waals surface area contributed by atoms with Gasteiger partial charge in [-0.05, 0) is 24.6 Å². The van der Waals surface area contributed by atoms with Gasteiger partial charge in [0.2, 0.25) is 10.0 Å². The van der Waals surface area contributed by atoms with Crippen molar-refractivity contribution in [3.05, 3.63) is 23.5 Å². The average Bonchev–Trinajstić information content (AvgIpc) is 2.33. The summed E-state index contributed by atoms with van der Waals surface area (Å²) in [4.78, 5) is -0.488. The minimum atomic E-state index is -3.97. The molecule has 1 unspecified atom stereocenters. The Balaban J connectivity index is 2.89. The average molecular weight is 308 g/mol. The molecule has 0 aromatic heterocycles. The molecule has 0 saturated heterocycles. The van der Waals surface area contributed by atoms with E-state index in [1.54, 1.807) is 13.8 Å². The highest BCUT2D eigenvalue weighted by molar-refractivity contribution is 7.89. The van der Waals surface area contributed by atoms with Gasteiger partial charge < -0.3 is 5.73 Å².